The van der Waals surface area contributed by atoms with Crippen LogP contribution in [0.1, 0.15) is 30.9 Å². The molecule has 4 rings (SSSR count). The minimum atomic E-state index is 0.505. The summed E-state index contributed by atoms with van der Waals surface area (Å²) < 4.78 is 5.36. The lowest BCUT2D eigenvalue weighted by Gasteiger charge is -2.29. The minimum absolute atomic E-state index is 0.505. The minimum Gasteiger partial charge on any atom is -0.497 e. The van der Waals surface area contributed by atoms with Gasteiger partial charge in [-0.15, -0.1) is 0 Å². The Morgan fingerprint density at radius 1 is 1.16 bits per heavy atom. The van der Waals surface area contributed by atoms with E-state index in [1.54, 1.807) is 13.4 Å². The number of allylic oxidation sites excluding steroid dienone is 1. The number of aromatic nitrogens is 2. The summed E-state index contributed by atoms with van der Waals surface area (Å²) in [7, 11) is 3.79. The van der Waals surface area contributed by atoms with E-state index in [0.29, 0.717) is 11.7 Å². The molecule has 1 saturated heterocycles. The molecule has 1 aromatic heterocycles. The molecule has 2 heterocycles. The van der Waals surface area contributed by atoms with E-state index in [2.05, 4.69) is 57.6 Å². The number of anilines is 2. The maximum absolute atomic E-state index is 6.41. The van der Waals surface area contributed by atoms with Crippen molar-refractivity contribution >= 4 is 28.0 Å². The molecule has 6 heteroatoms. The zero-order valence-electron chi connectivity index (χ0n) is 18.6. The van der Waals surface area contributed by atoms with E-state index < -0.39 is 0 Å². The Morgan fingerprint density at radius 3 is 2.65 bits per heavy atom. The Kier molecular flexibility index (Phi) is 6.37. The van der Waals surface area contributed by atoms with Gasteiger partial charge in [-0.25, -0.2) is 9.97 Å². The quantitative estimate of drug-likeness (QED) is 0.629. The van der Waals surface area contributed by atoms with Gasteiger partial charge in [0.2, 0.25) is 0 Å². The van der Waals surface area contributed by atoms with Crippen molar-refractivity contribution in [2.24, 2.45) is 5.92 Å². The van der Waals surface area contributed by atoms with Crippen LogP contribution in [0.4, 0.5) is 11.6 Å². The van der Waals surface area contributed by atoms with Gasteiger partial charge in [0.25, 0.3) is 0 Å². The average molecular weight is 418 g/mol. The zero-order chi connectivity index (χ0) is 21.8. The number of piperidine rings is 1. The van der Waals surface area contributed by atoms with Gasteiger partial charge < -0.3 is 20.7 Å². The van der Waals surface area contributed by atoms with Crippen LogP contribution in [0, 0.1) is 5.92 Å². The number of fused-ring (bicyclic) bond motifs is 1. The van der Waals surface area contributed by atoms with Crippen molar-refractivity contribution in [2.45, 2.75) is 19.8 Å². The second kappa shape index (κ2) is 9.35. The number of methoxy groups -OCH3 is 1. The summed E-state index contributed by atoms with van der Waals surface area (Å²) in [6.07, 6.45) is 6.03. The first-order valence-corrected chi connectivity index (χ1v) is 10.9. The Bertz CT molecular complexity index is 1090. The third kappa shape index (κ3) is 4.49. The number of nitrogens with one attached hydrogen (secondary N) is 1. The molecule has 0 aliphatic carbocycles. The lowest BCUT2D eigenvalue weighted by atomic mass is 9.94. The monoisotopic (exact) mass is 417 g/mol. The predicted molar refractivity (Wildman–Crippen MR) is 129 cm³/mol. The van der Waals surface area contributed by atoms with E-state index in [1.807, 2.05) is 19.1 Å². The predicted octanol–water partition coefficient (Wildman–Crippen LogP) is 4.11. The Labute approximate surface area is 184 Å². The van der Waals surface area contributed by atoms with Crippen molar-refractivity contribution < 1.29 is 4.74 Å². The second-order valence-electron chi connectivity index (χ2n) is 8.16. The Morgan fingerprint density at radius 2 is 1.90 bits per heavy atom. The highest BCUT2D eigenvalue weighted by Crippen LogP contribution is 2.35. The van der Waals surface area contributed by atoms with E-state index in [1.165, 1.54) is 12.8 Å². The number of nitrogens with two attached hydrogens (primary N) is 1. The number of rotatable bonds is 6. The first-order chi connectivity index (χ1) is 15.1. The molecule has 3 N–H and O–H groups in total. The number of benzene rings is 2. The number of hydrogen-bond acceptors (Lipinski definition) is 6. The van der Waals surface area contributed by atoms with Gasteiger partial charge in [-0.1, -0.05) is 24.3 Å². The average Bonchev–Trinajstić information content (AvgIpc) is 2.80. The summed E-state index contributed by atoms with van der Waals surface area (Å²) in [5.41, 5.74) is 9.45. The maximum atomic E-state index is 6.41. The smallest absolute Gasteiger partial charge is 0.141 e. The van der Waals surface area contributed by atoms with E-state index in [0.717, 1.165) is 58.7 Å². The molecule has 0 spiro atoms. The largest absolute Gasteiger partial charge is 0.497 e. The van der Waals surface area contributed by atoms with Gasteiger partial charge in [0.05, 0.1) is 12.7 Å². The molecule has 0 amide bonds. The Balaban J connectivity index is 1.71. The third-order valence-electron chi connectivity index (χ3n) is 6.13. The number of nitrogens with zero attached hydrogens (tertiary/aromatic N) is 3. The van der Waals surface area contributed by atoms with Crippen molar-refractivity contribution in [3.05, 3.63) is 59.9 Å². The molecule has 2 aromatic carbocycles. The SMILES string of the molecule is CC=C(c1ccc2cc(OC)ccc2c1)c1c(N)ncnc1N(C)CC1CCNCC1. The van der Waals surface area contributed by atoms with Gasteiger partial charge in [-0.2, -0.15) is 0 Å². The highest BCUT2D eigenvalue weighted by molar-refractivity contribution is 5.94. The molecule has 0 atom stereocenters. The van der Waals surface area contributed by atoms with Crippen molar-refractivity contribution in [3.63, 3.8) is 0 Å². The number of ether oxygens (including phenoxy) is 1. The van der Waals surface area contributed by atoms with Crippen LogP contribution in [0.15, 0.2) is 48.8 Å². The zero-order valence-corrected chi connectivity index (χ0v) is 18.6. The molecule has 0 bridgehead atoms. The molecule has 1 aliphatic rings. The molecule has 0 radical (unpaired) electrons. The van der Waals surface area contributed by atoms with E-state index in [-0.39, 0.29) is 0 Å². The maximum Gasteiger partial charge on any atom is 0.141 e. The van der Waals surface area contributed by atoms with Crippen molar-refractivity contribution in [3.8, 4) is 5.75 Å². The van der Waals surface area contributed by atoms with E-state index in [9.17, 15) is 0 Å². The molecule has 162 valence electrons. The van der Waals surface area contributed by atoms with E-state index >= 15 is 0 Å². The van der Waals surface area contributed by atoms with Gasteiger partial charge >= 0.3 is 0 Å². The van der Waals surface area contributed by atoms with Crippen LogP contribution in [0.25, 0.3) is 16.3 Å². The lowest BCUT2D eigenvalue weighted by molar-refractivity contribution is 0.377. The van der Waals surface area contributed by atoms with Crippen molar-refractivity contribution in [1.29, 1.82) is 0 Å². The molecular weight excluding hydrogens is 386 g/mol. The first-order valence-electron chi connectivity index (χ1n) is 10.9. The lowest BCUT2D eigenvalue weighted by Crippen LogP contribution is -2.35. The van der Waals surface area contributed by atoms with Gasteiger partial charge in [0.1, 0.15) is 23.7 Å². The molecular formula is C25H31N5O. The van der Waals surface area contributed by atoms with Crippen molar-refractivity contribution in [2.75, 3.05) is 44.4 Å². The van der Waals surface area contributed by atoms with Crippen LogP contribution in [0.5, 0.6) is 5.75 Å². The highest BCUT2D eigenvalue weighted by atomic mass is 16.5. The molecule has 3 aromatic rings. The fourth-order valence-electron chi connectivity index (χ4n) is 4.45. The summed E-state index contributed by atoms with van der Waals surface area (Å²) in [6, 6.07) is 12.6. The summed E-state index contributed by atoms with van der Waals surface area (Å²) >= 11 is 0. The van der Waals surface area contributed by atoms with Crippen LogP contribution >= 0.6 is 0 Å². The molecule has 1 fully saturated rings. The fraction of sp³-hybridized carbons (Fsp3) is 0.360. The van der Waals surface area contributed by atoms with Crippen molar-refractivity contribution in [1.82, 2.24) is 15.3 Å². The number of nitrogen functional groups attached to an aromatic ring is 1. The van der Waals surface area contributed by atoms with E-state index in [4.69, 9.17) is 10.5 Å². The summed E-state index contributed by atoms with van der Waals surface area (Å²) in [5, 5.41) is 5.73. The molecule has 0 saturated carbocycles. The standard InChI is InChI=1S/C25H31N5O/c1-4-22(20-6-5-19-14-21(31-3)8-7-18(19)13-20)23-24(26)28-16-29-25(23)30(2)15-17-9-11-27-12-10-17/h4-8,13-14,16-17,27H,9-12,15H2,1-3H3,(H2,26,28,29). The van der Waals surface area contributed by atoms with Crippen LogP contribution in [0.2, 0.25) is 0 Å². The van der Waals surface area contributed by atoms with Crippen LogP contribution in [-0.4, -0.2) is 43.8 Å². The highest BCUT2D eigenvalue weighted by Gasteiger charge is 2.21. The number of hydrogen-bond donors (Lipinski definition) is 2. The first kappa shape index (κ1) is 21.1. The fourth-order valence-corrected chi connectivity index (χ4v) is 4.45. The van der Waals surface area contributed by atoms with Crippen LogP contribution < -0.4 is 20.7 Å². The van der Waals surface area contributed by atoms with Gasteiger partial charge in [-0.05, 0) is 78.9 Å². The molecule has 1 aliphatic heterocycles. The van der Waals surface area contributed by atoms with Gasteiger partial charge in [0, 0.05) is 13.6 Å². The van der Waals surface area contributed by atoms with Gasteiger partial charge in [-0.3, -0.25) is 0 Å². The summed E-state index contributed by atoms with van der Waals surface area (Å²) in [6.45, 7) is 5.16. The summed E-state index contributed by atoms with van der Waals surface area (Å²) in [5.74, 6) is 2.90. The Hall–Kier alpha value is -3.12. The van der Waals surface area contributed by atoms with Gasteiger partial charge in [0.15, 0.2) is 0 Å². The molecule has 6 nitrogen and oxygen atoms in total. The topological polar surface area (TPSA) is 76.3 Å². The van der Waals surface area contributed by atoms with Crippen LogP contribution in [0.3, 0.4) is 0 Å². The summed E-state index contributed by atoms with van der Waals surface area (Å²) in [4.78, 5) is 11.2. The van der Waals surface area contributed by atoms with Crippen LogP contribution in [-0.2, 0) is 0 Å². The second-order valence-corrected chi connectivity index (χ2v) is 8.16. The third-order valence-corrected chi connectivity index (χ3v) is 6.13. The normalized spacial score (nSPS) is 15.3. The molecule has 31 heavy (non-hydrogen) atoms. The molecule has 0 unspecified atom stereocenters.